The Morgan fingerprint density at radius 1 is 0.667 bits per heavy atom. The summed E-state index contributed by atoms with van der Waals surface area (Å²) in [5, 5.41) is 6.19. The fourth-order valence-electron chi connectivity index (χ4n) is 4.12. The molecule has 0 aromatic heterocycles. The number of fused-ring (bicyclic) bond motifs is 1. The number of benzene rings is 2. The molecule has 0 unspecified atom stereocenters. The average molecular weight is 325 g/mol. The summed E-state index contributed by atoms with van der Waals surface area (Å²) in [4.78, 5) is 0. The minimum atomic E-state index is 0.850. The van der Waals surface area contributed by atoms with Crippen molar-refractivity contribution in [3.63, 3.8) is 0 Å². The van der Waals surface area contributed by atoms with Crippen LogP contribution in [0.2, 0.25) is 0 Å². The number of anilines is 1. The van der Waals surface area contributed by atoms with Gasteiger partial charge < -0.3 is 11.1 Å². The van der Waals surface area contributed by atoms with Gasteiger partial charge in [-0.05, 0) is 37.1 Å². The SMILES string of the molecule is C1CCC(NC2CCCCC2)CC1.Nc1cccc2ccccc12. The highest BCUT2D eigenvalue weighted by atomic mass is 14.9. The molecule has 0 bridgehead atoms. The Balaban J connectivity index is 0.000000143. The summed E-state index contributed by atoms with van der Waals surface area (Å²) >= 11 is 0. The van der Waals surface area contributed by atoms with E-state index in [1.165, 1.54) is 69.6 Å². The second kappa shape index (κ2) is 9.08. The fraction of sp³-hybridized carbons (Fsp3) is 0.545. The Bertz CT molecular complexity index is 589. The maximum absolute atomic E-state index is 5.76. The van der Waals surface area contributed by atoms with Gasteiger partial charge in [-0.3, -0.25) is 0 Å². The quantitative estimate of drug-likeness (QED) is 0.699. The van der Waals surface area contributed by atoms with Crippen molar-refractivity contribution in [2.75, 3.05) is 5.73 Å². The number of nitrogen functional groups attached to an aromatic ring is 1. The van der Waals surface area contributed by atoms with Gasteiger partial charge in [-0.1, -0.05) is 74.9 Å². The Hall–Kier alpha value is -1.54. The van der Waals surface area contributed by atoms with E-state index in [1.807, 2.05) is 30.3 Å². The van der Waals surface area contributed by atoms with E-state index in [-0.39, 0.29) is 0 Å². The first kappa shape index (κ1) is 17.3. The third kappa shape index (κ3) is 4.98. The summed E-state index contributed by atoms with van der Waals surface area (Å²) in [5.41, 5.74) is 6.61. The van der Waals surface area contributed by atoms with Crippen LogP contribution in [0.3, 0.4) is 0 Å². The highest BCUT2D eigenvalue weighted by molar-refractivity contribution is 5.92. The first-order valence-electron chi connectivity index (χ1n) is 9.82. The summed E-state index contributed by atoms with van der Waals surface area (Å²) in [7, 11) is 0. The van der Waals surface area contributed by atoms with Gasteiger partial charge in [0.1, 0.15) is 0 Å². The minimum absolute atomic E-state index is 0.850. The van der Waals surface area contributed by atoms with E-state index in [0.29, 0.717) is 0 Å². The molecule has 3 N–H and O–H groups in total. The van der Waals surface area contributed by atoms with E-state index in [9.17, 15) is 0 Å². The van der Waals surface area contributed by atoms with E-state index in [0.717, 1.165) is 23.2 Å². The molecule has 130 valence electrons. The lowest BCUT2D eigenvalue weighted by molar-refractivity contribution is 0.291. The third-order valence-electron chi connectivity index (χ3n) is 5.51. The third-order valence-corrected chi connectivity index (χ3v) is 5.51. The molecular weight excluding hydrogens is 292 g/mol. The maximum atomic E-state index is 5.76. The van der Waals surface area contributed by atoms with Crippen LogP contribution in [0.15, 0.2) is 42.5 Å². The second-order valence-corrected chi connectivity index (χ2v) is 7.40. The first-order valence-corrected chi connectivity index (χ1v) is 9.82. The Morgan fingerprint density at radius 2 is 1.21 bits per heavy atom. The average Bonchev–Trinajstić information content (AvgIpc) is 2.65. The molecule has 2 fully saturated rings. The van der Waals surface area contributed by atoms with Crippen LogP contribution in [0.25, 0.3) is 10.8 Å². The fourth-order valence-corrected chi connectivity index (χ4v) is 4.12. The zero-order valence-electron chi connectivity index (χ0n) is 14.8. The lowest BCUT2D eigenvalue weighted by Crippen LogP contribution is -2.40. The van der Waals surface area contributed by atoms with Crippen LogP contribution in [-0.4, -0.2) is 12.1 Å². The van der Waals surface area contributed by atoms with Crippen molar-refractivity contribution in [2.45, 2.75) is 76.3 Å². The monoisotopic (exact) mass is 324 g/mol. The summed E-state index contributed by atoms with van der Waals surface area (Å²) in [6.45, 7) is 0. The smallest absolute Gasteiger partial charge is 0.0393 e. The molecular formula is C22H32N2. The van der Waals surface area contributed by atoms with Crippen LogP contribution < -0.4 is 11.1 Å². The van der Waals surface area contributed by atoms with Gasteiger partial charge in [0.25, 0.3) is 0 Å². The van der Waals surface area contributed by atoms with Gasteiger partial charge in [0, 0.05) is 23.2 Å². The largest absolute Gasteiger partial charge is 0.398 e. The van der Waals surface area contributed by atoms with E-state index in [1.54, 1.807) is 0 Å². The first-order chi connectivity index (χ1) is 11.8. The van der Waals surface area contributed by atoms with Crippen LogP contribution in [0.5, 0.6) is 0 Å². The van der Waals surface area contributed by atoms with Crippen LogP contribution in [-0.2, 0) is 0 Å². The molecule has 24 heavy (non-hydrogen) atoms. The number of nitrogens with one attached hydrogen (secondary N) is 1. The van der Waals surface area contributed by atoms with Crippen LogP contribution >= 0.6 is 0 Å². The molecule has 2 saturated carbocycles. The minimum Gasteiger partial charge on any atom is -0.398 e. The van der Waals surface area contributed by atoms with E-state index < -0.39 is 0 Å². The summed E-state index contributed by atoms with van der Waals surface area (Å²) in [5.74, 6) is 0. The molecule has 0 amide bonds. The Kier molecular flexibility index (Phi) is 6.54. The zero-order chi connectivity index (χ0) is 16.6. The molecule has 0 saturated heterocycles. The van der Waals surface area contributed by atoms with E-state index >= 15 is 0 Å². The van der Waals surface area contributed by atoms with Gasteiger partial charge in [-0.2, -0.15) is 0 Å². The van der Waals surface area contributed by atoms with Crippen molar-refractivity contribution in [3.8, 4) is 0 Å². The molecule has 4 rings (SSSR count). The number of hydrogen-bond acceptors (Lipinski definition) is 2. The molecule has 0 spiro atoms. The lowest BCUT2D eigenvalue weighted by Gasteiger charge is -2.30. The Labute approximate surface area is 146 Å². The van der Waals surface area contributed by atoms with Gasteiger partial charge in [0.15, 0.2) is 0 Å². The topological polar surface area (TPSA) is 38.0 Å². The second-order valence-electron chi connectivity index (χ2n) is 7.40. The van der Waals surface area contributed by atoms with Crippen LogP contribution in [0.1, 0.15) is 64.2 Å². The van der Waals surface area contributed by atoms with Crippen molar-refractivity contribution in [2.24, 2.45) is 0 Å². The van der Waals surface area contributed by atoms with Gasteiger partial charge in [-0.25, -0.2) is 0 Å². The van der Waals surface area contributed by atoms with E-state index in [2.05, 4.69) is 17.4 Å². The molecule has 2 aromatic rings. The highest BCUT2D eigenvalue weighted by Gasteiger charge is 2.19. The summed E-state index contributed by atoms with van der Waals surface area (Å²) < 4.78 is 0. The number of nitrogens with two attached hydrogens (primary N) is 1. The molecule has 0 atom stereocenters. The highest BCUT2D eigenvalue weighted by Crippen LogP contribution is 2.22. The molecule has 0 aliphatic heterocycles. The number of hydrogen-bond donors (Lipinski definition) is 2. The zero-order valence-corrected chi connectivity index (χ0v) is 14.8. The normalized spacial score (nSPS) is 19.7. The van der Waals surface area contributed by atoms with Crippen LogP contribution in [0, 0.1) is 0 Å². The molecule has 2 aliphatic rings. The maximum Gasteiger partial charge on any atom is 0.0393 e. The van der Waals surface area contributed by atoms with Crippen molar-refractivity contribution in [1.82, 2.24) is 5.32 Å². The van der Waals surface area contributed by atoms with Crippen molar-refractivity contribution < 1.29 is 0 Å². The summed E-state index contributed by atoms with van der Waals surface area (Å²) in [6, 6.07) is 15.8. The molecule has 2 heteroatoms. The molecule has 2 aliphatic carbocycles. The predicted octanol–water partition coefficient (Wildman–Crippen LogP) is 5.66. The lowest BCUT2D eigenvalue weighted by atomic mass is 9.91. The molecule has 0 radical (unpaired) electrons. The van der Waals surface area contributed by atoms with Crippen LogP contribution in [0.4, 0.5) is 5.69 Å². The predicted molar refractivity (Wildman–Crippen MR) is 105 cm³/mol. The molecule has 2 nitrogen and oxygen atoms in total. The van der Waals surface area contributed by atoms with Gasteiger partial charge in [-0.15, -0.1) is 0 Å². The van der Waals surface area contributed by atoms with Gasteiger partial charge in [0.2, 0.25) is 0 Å². The van der Waals surface area contributed by atoms with Crippen molar-refractivity contribution >= 4 is 16.5 Å². The summed E-state index contributed by atoms with van der Waals surface area (Å²) in [6.07, 6.45) is 14.6. The van der Waals surface area contributed by atoms with E-state index in [4.69, 9.17) is 5.73 Å². The van der Waals surface area contributed by atoms with Crippen molar-refractivity contribution in [3.05, 3.63) is 42.5 Å². The van der Waals surface area contributed by atoms with Crippen molar-refractivity contribution in [1.29, 1.82) is 0 Å². The van der Waals surface area contributed by atoms with Gasteiger partial charge in [0.05, 0.1) is 0 Å². The van der Waals surface area contributed by atoms with Gasteiger partial charge >= 0.3 is 0 Å². The Morgan fingerprint density at radius 3 is 1.79 bits per heavy atom. The molecule has 2 aromatic carbocycles. The molecule has 0 heterocycles. The number of rotatable bonds is 2. The standard InChI is InChI=1S/C12H23N.C10H9N/c1-3-7-11(8-4-1)13-12-9-5-2-6-10-12;11-10-7-3-5-8-4-1-2-6-9(8)10/h11-13H,1-10H2;1-7H,11H2.